The Hall–Kier alpha value is -4.31. The lowest BCUT2D eigenvalue weighted by atomic mass is 10.0. The third-order valence-corrected chi connectivity index (χ3v) is 7.20. The summed E-state index contributed by atoms with van der Waals surface area (Å²) in [5.41, 5.74) is 1.86. The van der Waals surface area contributed by atoms with E-state index in [0.717, 1.165) is 23.4 Å². The fraction of sp³-hybridized carbons (Fsp3) is 0.226. The molecule has 2 N–H and O–H groups in total. The van der Waals surface area contributed by atoms with Crippen LogP contribution in [0.3, 0.4) is 0 Å². The topological polar surface area (TPSA) is 74.6 Å². The van der Waals surface area contributed by atoms with E-state index in [1.807, 2.05) is 0 Å². The summed E-state index contributed by atoms with van der Waals surface area (Å²) in [6.07, 6.45) is -3.69. The number of fused-ring (bicyclic) bond motifs is 1. The van der Waals surface area contributed by atoms with Gasteiger partial charge in [-0.15, -0.1) is 0 Å². The molecule has 0 aliphatic carbocycles. The molecule has 0 saturated carbocycles. The second-order valence-corrected chi connectivity index (χ2v) is 10.3. The van der Waals surface area contributed by atoms with Crippen LogP contribution in [-0.2, 0) is 23.8 Å². The smallest absolute Gasteiger partial charge is 0.416 e. The zero-order valence-corrected chi connectivity index (χ0v) is 22.9. The van der Waals surface area contributed by atoms with Crippen LogP contribution in [0, 0.1) is 5.82 Å². The molecule has 42 heavy (non-hydrogen) atoms. The molecule has 0 spiro atoms. The van der Waals surface area contributed by atoms with Crippen molar-refractivity contribution in [1.82, 2.24) is 10.6 Å². The largest absolute Gasteiger partial charge is 0.451 e. The molecule has 4 aromatic rings. The lowest BCUT2D eigenvalue weighted by Crippen LogP contribution is -2.49. The number of amides is 2. The van der Waals surface area contributed by atoms with E-state index in [4.69, 9.17) is 16.0 Å². The number of furan rings is 1. The molecule has 2 heterocycles. The molecule has 0 fully saturated rings. The fourth-order valence-electron chi connectivity index (χ4n) is 4.91. The van der Waals surface area contributed by atoms with Gasteiger partial charge in [-0.05, 0) is 72.1 Å². The minimum Gasteiger partial charge on any atom is -0.451 e. The zero-order chi connectivity index (χ0) is 29.9. The summed E-state index contributed by atoms with van der Waals surface area (Å²) in [6, 6.07) is 17.8. The van der Waals surface area contributed by atoms with Crippen molar-refractivity contribution >= 4 is 29.1 Å². The van der Waals surface area contributed by atoms with Crippen LogP contribution in [0.5, 0.6) is 0 Å². The molecule has 1 aromatic heterocycles. The maximum absolute atomic E-state index is 13.5. The van der Waals surface area contributed by atoms with Gasteiger partial charge in [-0.25, -0.2) is 4.39 Å². The number of rotatable bonds is 9. The van der Waals surface area contributed by atoms with Gasteiger partial charge in [-0.1, -0.05) is 35.9 Å². The van der Waals surface area contributed by atoms with Crippen LogP contribution in [0.2, 0.25) is 5.02 Å². The average Bonchev–Trinajstić information content (AvgIpc) is 3.60. The molecule has 0 bridgehead atoms. The van der Waals surface area contributed by atoms with Crippen LogP contribution in [0.1, 0.15) is 27.2 Å². The van der Waals surface area contributed by atoms with Crippen LogP contribution in [0.15, 0.2) is 83.3 Å². The SMILES string of the molecule is O=C(N[C@@H](Cc1cccc(Cl)c1)C(=O)NCCN1CCc2cc(F)ccc21)c1ccc(-c2cccc(C(F)(F)F)c2)o1. The fourth-order valence-corrected chi connectivity index (χ4v) is 5.12. The van der Waals surface area contributed by atoms with E-state index >= 15 is 0 Å². The molecule has 218 valence electrons. The normalized spacial score (nSPS) is 13.5. The summed E-state index contributed by atoms with van der Waals surface area (Å²) in [7, 11) is 0. The maximum Gasteiger partial charge on any atom is 0.416 e. The third-order valence-electron chi connectivity index (χ3n) is 6.97. The van der Waals surface area contributed by atoms with Crippen LogP contribution in [0.25, 0.3) is 11.3 Å². The highest BCUT2D eigenvalue weighted by atomic mass is 35.5. The van der Waals surface area contributed by atoms with Crippen molar-refractivity contribution in [2.75, 3.05) is 24.5 Å². The van der Waals surface area contributed by atoms with Crippen molar-refractivity contribution in [2.45, 2.75) is 25.1 Å². The van der Waals surface area contributed by atoms with Gasteiger partial charge in [-0.3, -0.25) is 9.59 Å². The van der Waals surface area contributed by atoms with Gasteiger partial charge >= 0.3 is 6.18 Å². The number of halogens is 5. The van der Waals surface area contributed by atoms with Crippen LogP contribution >= 0.6 is 11.6 Å². The molecular weight excluding hydrogens is 574 g/mol. The highest BCUT2D eigenvalue weighted by molar-refractivity contribution is 6.30. The van der Waals surface area contributed by atoms with E-state index in [9.17, 15) is 27.2 Å². The molecule has 2 amide bonds. The van der Waals surface area contributed by atoms with Gasteiger partial charge < -0.3 is 20.0 Å². The molecule has 3 aromatic carbocycles. The van der Waals surface area contributed by atoms with Gasteiger partial charge in [0.25, 0.3) is 5.91 Å². The molecule has 6 nitrogen and oxygen atoms in total. The minimum atomic E-state index is -4.53. The second-order valence-electron chi connectivity index (χ2n) is 9.90. The number of carbonyl (C=O) groups is 2. The summed E-state index contributed by atoms with van der Waals surface area (Å²) in [5.74, 6) is -1.51. The predicted octanol–water partition coefficient (Wildman–Crippen LogP) is 6.28. The Balaban J connectivity index is 1.27. The highest BCUT2D eigenvalue weighted by Gasteiger charge is 2.31. The molecule has 1 aliphatic rings. The van der Waals surface area contributed by atoms with Gasteiger partial charge in [0, 0.05) is 42.3 Å². The van der Waals surface area contributed by atoms with Gasteiger partial charge in [0.15, 0.2) is 5.76 Å². The number of benzene rings is 3. The van der Waals surface area contributed by atoms with Crippen molar-refractivity contribution in [3.05, 3.63) is 112 Å². The van der Waals surface area contributed by atoms with Gasteiger partial charge in [0.05, 0.1) is 5.56 Å². The number of carbonyl (C=O) groups excluding carboxylic acids is 2. The number of alkyl halides is 3. The predicted molar refractivity (Wildman–Crippen MR) is 151 cm³/mol. The number of nitrogens with zero attached hydrogens (tertiary/aromatic N) is 1. The van der Waals surface area contributed by atoms with E-state index in [0.29, 0.717) is 30.1 Å². The third kappa shape index (κ3) is 6.94. The number of anilines is 1. The first-order chi connectivity index (χ1) is 20.1. The van der Waals surface area contributed by atoms with Crippen molar-refractivity contribution in [1.29, 1.82) is 0 Å². The summed E-state index contributed by atoms with van der Waals surface area (Å²) in [4.78, 5) is 28.4. The first-order valence-electron chi connectivity index (χ1n) is 13.2. The Morgan fingerprint density at radius 2 is 1.81 bits per heavy atom. The maximum atomic E-state index is 13.5. The Morgan fingerprint density at radius 3 is 2.60 bits per heavy atom. The van der Waals surface area contributed by atoms with Gasteiger partial charge in [0.1, 0.15) is 17.6 Å². The van der Waals surface area contributed by atoms with Crippen molar-refractivity contribution in [3.8, 4) is 11.3 Å². The van der Waals surface area contributed by atoms with Crippen LogP contribution in [-0.4, -0.2) is 37.5 Å². The van der Waals surface area contributed by atoms with E-state index in [1.54, 1.807) is 30.3 Å². The summed E-state index contributed by atoms with van der Waals surface area (Å²) >= 11 is 6.11. The second kappa shape index (κ2) is 12.3. The zero-order valence-electron chi connectivity index (χ0n) is 22.2. The Bertz CT molecular complexity index is 1600. The number of nitrogens with one attached hydrogen (secondary N) is 2. The molecule has 0 radical (unpaired) electrons. The lowest BCUT2D eigenvalue weighted by molar-refractivity contribution is -0.137. The Kier molecular flexibility index (Phi) is 8.54. The summed E-state index contributed by atoms with van der Waals surface area (Å²) in [5, 5.41) is 6.01. The first-order valence-corrected chi connectivity index (χ1v) is 13.6. The van der Waals surface area contributed by atoms with Crippen LogP contribution < -0.4 is 15.5 Å². The first kappa shape index (κ1) is 29.2. The molecule has 0 saturated heterocycles. The van der Waals surface area contributed by atoms with Gasteiger partial charge in [-0.2, -0.15) is 13.2 Å². The Labute approximate surface area is 244 Å². The van der Waals surface area contributed by atoms with Gasteiger partial charge in [0.2, 0.25) is 5.91 Å². The summed E-state index contributed by atoms with van der Waals surface area (Å²) < 4.78 is 58.5. The number of hydrogen-bond donors (Lipinski definition) is 2. The molecular formula is C31H26ClF4N3O3. The van der Waals surface area contributed by atoms with Crippen molar-refractivity contribution in [3.63, 3.8) is 0 Å². The average molecular weight is 600 g/mol. The van der Waals surface area contributed by atoms with E-state index in [2.05, 4.69) is 15.5 Å². The van der Waals surface area contributed by atoms with E-state index < -0.39 is 29.6 Å². The molecule has 11 heteroatoms. The van der Waals surface area contributed by atoms with Crippen molar-refractivity contribution < 1.29 is 31.6 Å². The van der Waals surface area contributed by atoms with E-state index in [-0.39, 0.29) is 35.9 Å². The quantitative estimate of drug-likeness (QED) is 0.222. The van der Waals surface area contributed by atoms with Crippen molar-refractivity contribution in [2.24, 2.45) is 0 Å². The lowest BCUT2D eigenvalue weighted by Gasteiger charge is -2.22. The number of hydrogen-bond acceptors (Lipinski definition) is 4. The molecule has 1 aliphatic heterocycles. The van der Waals surface area contributed by atoms with Crippen LogP contribution in [0.4, 0.5) is 23.2 Å². The molecule has 5 rings (SSSR count). The van der Waals surface area contributed by atoms with E-state index in [1.165, 1.54) is 36.4 Å². The monoisotopic (exact) mass is 599 g/mol. The minimum absolute atomic E-state index is 0.0767. The highest BCUT2D eigenvalue weighted by Crippen LogP contribution is 2.33. The molecule has 1 atom stereocenters. The molecule has 0 unspecified atom stereocenters. The Morgan fingerprint density at radius 1 is 1.00 bits per heavy atom. The summed E-state index contributed by atoms with van der Waals surface area (Å²) in [6.45, 7) is 1.46. The standard InChI is InChI=1S/C31H26ClF4N3O3/c32-23-6-1-3-19(15-23)16-25(29(40)37-12-14-39-13-11-20-18-24(33)7-8-26(20)39)38-30(41)28-10-9-27(42-28)21-4-2-5-22(17-21)31(34,35)36/h1-10,15,17-18,25H,11-14,16H2,(H,37,40)(H,38,41)/t25-/m0/s1.